The van der Waals surface area contributed by atoms with Crippen molar-refractivity contribution in [2.24, 2.45) is 5.92 Å². The van der Waals surface area contributed by atoms with Gasteiger partial charge in [0.05, 0.1) is 6.61 Å². The van der Waals surface area contributed by atoms with Crippen LogP contribution >= 0.6 is 24.4 Å². The molecule has 1 aromatic carbocycles. The SMILES string of the molecule is CSCCC(NC(=O)c1cc(OCCC(C)CS)ccc1C(C)C)C(=O)O. The summed E-state index contributed by atoms with van der Waals surface area (Å²) in [5.41, 5.74) is 1.35. The van der Waals surface area contributed by atoms with Gasteiger partial charge in [-0.1, -0.05) is 26.8 Å². The second-order valence-electron chi connectivity index (χ2n) is 6.97. The summed E-state index contributed by atoms with van der Waals surface area (Å²) >= 11 is 5.82. The Balaban J connectivity index is 2.95. The van der Waals surface area contributed by atoms with Crippen LogP contribution in [0.25, 0.3) is 0 Å². The van der Waals surface area contributed by atoms with Gasteiger partial charge in [-0.15, -0.1) is 0 Å². The van der Waals surface area contributed by atoms with Gasteiger partial charge in [0.25, 0.3) is 5.91 Å². The maximum absolute atomic E-state index is 12.8. The first-order valence-electron chi connectivity index (χ1n) is 9.20. The summed E-state index contributed by atoms with van der Waals surface area (Å²) < 4.78 is 5.79. The summed E-state index contributed by atoms with van der Waals surface area (Å²) in [6, 6.07) is 4.56. The van der Waals surface area contributed by atoms with Crippen LogP contribution in [0, 0.1) is 5.92 Å². The van der Waals surface area contributed by atoms with Crippen molar-refractivity contribution in [3.05, 3.63) is 29.3 Å². The molecule has 2 unspecified atom stereocenters. The Hall–Kier alpha value is -1.34. The molecular weight excluding hydrogens is 382 g/mol. The molecule has 152 valence electrons. The highest BCUT2D eigenvalue weighted by atomic mass is 32.2. The Morgan fingerprint density at radius 1 is 1.26 bits per heavy atom. The third-order valence-electron chi connectivity index (χ3n) is 4.30. The lowest BCUT2D eigenvalue weighted by Gasteiger charge is -2.18. The lowest BCUT2D eigenvalue weighted by Crippen LogP contribution is -2.41. The van der Waals surface area contributed by atoms with E-state index >= 15 is 0 Å². The topological polar surface area (TPSA) is 75.6 Å². The van der Waals surface area contributed by atoms with E-state index in [0.717, 1.165) is 17.7 Å². The van der Waals surface area contributed by atoms with Crippen LogP contribution in [-0.2, 0) is 4.79 Å². The van der Waals surface area contributed by atoms with Gasteiger partial charge in [-0.2, -0.15) is 24.4 Å². The summed E-state index contributed by atoms with van der Waals surface area (Å²) in [5, 5.41) is 12.0. The van der Waals surface area contributed by atoms with Crippen LogP contribution < -0.4 is 10.1 Å². The van der Waals surface area contributed by atoms with E-state index < -0.39 is 12.0 Å². The van der Waals surface area contributed by atoms with Crippen molar-refractivity contribution in [1.82, 2.24) is 5.32 Å². The molecule has 0 aliphatic rings. The third kappa shape index (κ3) is 8.05. The Bertz CT molecular complexity index is 622. The van der Waals surface area contributed by atoms with Crippen LogP contribution in [0.15, 0.2) is 18.2 Å². The van der Waals surface area contributed by atoms with Crippen LogP contribution in [0.1, 0.15) is 55.5 Å². The van der Waals surface area contributed by atoms with Gasteiger partial charge >= 0.3 is 5.97 Å². The van der Waals surface area contributed by atoms with Crippen molar-refractivity contribution in [3.8, 4) is 5.75 Å². The lowest BCUT2D eigenvalue weighted by atomic mass is 9.96. The van der Waals surface area contributed by atoms with Crippen LogP contribution in [0.4, 0.5) is 0 Å². The van der Waals surface area contributed by atoms with Crippen molar-refractivity contribution < 1.29 is 19.4 Å². The van der Waals surface area contributed by atoms with Gasteiger partial charge < -0.3 is 15.2 Å². The monoisotopic (exact) mass is 413 g/mol. The third-order valence-corrected chi connectivity index (χ3v) is 5.56. The number of nitrogens with one attached hydrogen (secondary N) is 1. The molecule has 0 heterocycles. The molecule has 2 N–H and O–H groups in total. The van der Waals surface area contributed by atoms with Crippen molar-refractivity contribution in [3.63, 3.8) is 0 Å². The summed E-state index contributed by atoms with van der Waals surface area (Å²) in [7, 11) is 0. The molecule has 1 rings (SSSR count). The minimum Gasteiger partial charge on any atom is -0.494 e. The van der Waals surface area contributed by atoms with E-state index in [1.165, 1.54) is 0 Å². The molecule has 7 heteroatoms. The number of amides is 1. The number of benzene rings is 1. The number of thiol groups is 1. The number of carbonyl (C=O) groups excluding carboxylic acids is 1. The van der Waals surface area contributed by atoms with Gasteiger partial charge in [-0.25, -0.2) is 4.79 Å². The molecule has 0 saturated carbocycles. The molecule has 0 aliphatic carbocycles. The molecule has 0 fully saturated rings. The number of carboxylic acid groups (broad SMARTS) is 1. The van der Waals surface area contributed by atoms with Crippen LogP contribution in [0.5, 0.6) is 5.75 Å². The quantitative estimate of drug-likeness (QED) is 0.450. The average molecular weight is 414 g/mol. The second-order valence-corrected chi connectivity index (χ2v) is 8.33. The molecule has 27 heavy (non-hydrogen) atoms. The normalized spacial score (nSPS) is 13.3. The zero-order valence-electron chi connectivity index (χ0n) is 16.5. The zero-order valence-corrected chi connectivity index (χ0v) is 18.2. The summed E-state index contributed by atoms with van der Waals surface area (Å²) in [6.45, 7) is 6.67. The van der Waals surface area contributed by atoms with Crippen LogP contribution in [0.3, 0.4) is 0 Å². The van der Waals surface area contributed by atoms with Gasteiger partial charge in [-0.05, 0) is 60.1 Å². The Morgan fingerprint density at radius 2 is 1.96 bits per heavy atom. The fourth-order valence-corrected chi connectivity index (χ4v) is 3.18. The maximum Gasteiger partial charge on any atom is 0.326 e. The van der Waals surface area contributed by atoms with Gasteiger partial charge in [0.15, 0.2) is 0 Å². The van der Waals surface area contributed by atoms with E-state index in [0.29, 0.717) is 36.0 Å². The molecule has 0 aliphatic heterocycles. The number of thioether (sulfide) groups is 1. The molecule has 2 atom stereocenters. The maximum atomic E-state index is 12.8. The number of hydrogen-bond acceptors (Lipinski definition) is 5. The summed E-state index contributed by atoms with van der Waals surface area (Å²) in [4.78, 5) is 24.2. The first-order valence-corrected chi connectivity index (χ1v) is 11.2. The van der Waals surface area contributed by atoms with Crippen molar-refractivity contribution in [1.29, 1.82) is 0 Å². The first-order chi connectivity index (χ1) is 12.8. The predicted molar refractivity (Wildman–Crippen MR) is 116 cm³/mol. The van der Waals surface area contributed by atoms with E-state index in [1.807, 2.05) is 32.2 Å². The lowest BCUT2D eigenvalue weighted by molar-refractivity contribution is -0.139. The number of rotatable bonds is 12. The number of ether oxygens (including phenoxy) is 1. The number of hydrogen-bond donors (Lipinski definition) is 3. The number of carboxylic acids is 1. The Kier molecular flexibility index (Phi) is 10.7. The Labute approximate surface area is 172 Å². The Morgan fingerprint density at radius 3 is 2.52 bits per heavy atom. The summed E-state index contributed by atoms with van der Waals surface area (Å²) in [6.07, 6.45) is 3.18. The number of carbonyl (C=O) groups is 2. The second kappa shape index (κ2) is 12.2. The van der Waals surface area contributed by atoms with E-state index in [9.17, 15) is 14.7 Å². The largest absolute Gasteiger partial charge is 0.494 e. The van der Waals surface area contributed by atoms with Gasteiger partial charge in [-0.3, -0.25) is 4.79 Å². The van der Waals surface area contributed by atoms with Crippen LogP contribution in [-0.4, -0.2) is 47.4 Å². The van der Waals surface area contributed by atoms with Crippen LogP contribution in [0.2, 0.25) is 0 Å². The van der Waals surface area contributed by atoms with E-state index in [4.69, 9.17) is 4.74 Å². The summed E-state index contributed by atoms with van der Waals surface area (Å²) in [5.74, 6) is 1.29. The van der Waals surface area contributed by atoms with Gasteiger partial charge in [0.2, 0.25) is 0 Å². The van der Waals surface area contributed by atoms with E-state index in [-0.39, 0.29) is 11.8 Å². The highest BCUT2D eigenvalue weighted by Crippen LogP contribution is 2.25. The van der Waals surface area contributed by atoms with Gasteiger partial charge in [0, 0.05) is 5.56 Å². The molecule has 0 saturated heterocycles. The molecule has 0 aromatic heterocycles. The first kappa shape index (κ1) is 23.7. The molecule has 0 bridgehead atoms. The molecule has 0 spiro atoms. The molecule has 1 aromatic rings. The smallest absolute Gasteiger partial charge is 0.326 e. The highest BCUT2D eigenvalue weighted by Gasteiger charge is 2.23. The van der Waals surface area contributed by atoms with E-state index in [1.54, 1.807) is 17.8 Å². The molecular formula is C20H31NO4S2. The average Bonchev–Trinajstić information content (AvgIpc) is 2.64. The fourth-order valence-electron chi connectivity index (χ4n) is 2.52. The fraction of sp³-hybridized carbons (Fsp3) is 0.600. The minimum atomic E-state index is -1.02. The van der Waals surface area contributed by atoms with Crippen molar-refractivity contribution in [2.75, 3.05) is 24.4 Å². The van der Waals surface area contributed by atoms with E-state index in [2.05, 4.69) is 24.9 Å². The van der Waals surface area contributed by atoms with Crippen molar-refractivity contribution >= 4 is 36.3 Å². The zero-order chi connectivity index (χ0) is 20.4. The molecule has 1 amide bonds. The standard InChI is InChI=1S/C20H31NO4S2/c1-13(2)16-6-5-15(25-9-7-14(3)12-26)11-17(16)19(22)21-18(20(23)24)8-10-27-4/h5-6,11,13-14,18,26H,7-10,12H2,1-4H3,(H,21,22)(H,23,24). The number of aliphatic carboxylic acids is 1. The predicted octanol–water partition coefficient (Wildman–Crippen LogP) is 4.08. The minimum absolute atomic E-state index is 0.137. The molecule has 5 nitrogen and oxygen atoms in total. The highest BCUT2D eigenvalue weighted by molar-refractivity contribution is 7.98. The molecule has 0 radical (unpaired) electrons. The van der Waals surface area contributed by atoms with Crippen molar-refractivity contribution in [2.45, 2.75) is 45.6 Å². The van der Waals surface area contributed by atoms with Gasteiger partial charge in [0.1, 0.15) is 11.8 Å².